The maximum atomic E-state index is 11.9. The highest BCUT2D eigenvalue weighted by Crippen LogP contribution is 2.50. The van der Waals surface area contributed by atoms with Crippen LogP contribution >= 0.6 is 0 Å². The first-order valence-electron chi connectivity index (χ1n) is 5.98. The molecule has 0 heterocycles. The highest BCUT2D eigenvalue weighted by atomic mass is 16.3. The Morgan fingerprint density at radius 2 is 1.46 bits per heavy atom. The minimum absolute atomic E-state index is 0.192. The summed E-state index contributed by atoms with van der Waals surface area (Å²) < 4.78 is 0. The molecule has 0 amide bonds. The quantitative estimate of drug-likeness (QED) is 0.544. The third-order valence-electron chi connectivity index (χ3n) is 4.81. The average Bonchev–Trinajstić information content (AvgIpc) is 2.19. The lowest BCUT2D eigenvalue weighted by molar-refractivity contribution is -0.0527. The zero-order valence-electron chi connectivity index (χ0n) is 8.24. The molecule has 3 saturated carbocycles. The smallest absolute Gasteiger partial charge is 0.0963 e. The van der Waals surface area contributed by atoms with Crippen molar-refractivity contribution in [1.82, 2.24) is 0 Å². The van der Waals surface area contributed by atoms with Gasteiger partial charge in [-0.2, -0.15) is 0 Å². The van der Waals surface area contributed by atoms with Crippen molar-refractivity contribution in [1.29, 1.82) is 0 Å². The van der Waals surface area contributed by atoms with E-state index in [4.69, 9.17) is 0 Å². The Morgan fingerprint density at radius 3 is 2.38 bits per heavy atom. The molecule has 5 atom stereocenters. The normalized spacial score (nSPS) is 54.7. The summed E-state index contributed by atoms with van der Waals surface area (Å²) in [6.07, 6.45) is 9.05. The molecular formula is C12H19O. The van der Waals surface area contributed by atoms with Crippen LogP contribution < -0.4 is 0 Å². The van der Waals surface area contributed by atoms with Crippen molar-refractivity contribution in [3.05, 3.63) is 0 Å². The molecular weight excluding hydrogens is 160 g/mol. The fourth-order valence-corrected chi connectivity index (χ4v) is 4.14. The minimum Gasteiger partial charge on any atom is -0.233 e. The monoisotopic (exact) mass is 179 g/mol. The Kier molecular flexibility index (Phi) is 1.90. The van der Waals surface area contributed by atoms with Crippen molar-refractivity contribution in [3.8, 4) is 0 Å². The van der Waals surface area contributed by atoms with Gasteiger partial charge in [-0.25, -0.2) is 5.11 Å². The van der Waals surface area contributed by atoms with Gasteiger partial charge in [-0.05, 0) is 49.4 Å². The topological polar surface area (TPSA) is 19.9 Å². The Balaban J connectivity index is 1.87. The summed E-state index contributed by atoms with van der Waals surface area (Å²) in [6, 6.07) is 0. The summed E-state index contributed by atoms with van der Waals surface area (Å²) >= 11 is 0. The third kappa shape index (κ3) is 1.32. The van der Waals surface area contributed by atoms with Crippen molar-refractivity contribution in [2.45, 2.75) is 51.0 Å². The number of fused-ring (bicyclic) bond motifs is 2. The van der Waals surface area contributed by atoms with E-state index in [-0.39, 0.29) is 6.10 Å². The summed E-state index contributed by atoms with van der Waals surface area (Å²) in [5, 5.41) is 11.9. The molecule has 0 aromatic rings. The zero-order valence-corrected chi connectivity index (χ0v) is 8.24. The van der Waals surface area contributed by atoms with E-state index in [9.17, 15) is 5.11 Å². The summed E-state index contributed by atoms with van der Waals surface area (Å²) in [5.41, 5.74) is 0. The second kappa shape index (κ2) is 2.98. The fraction of sp³-hybridized carbons (Fsp3) is 1.00. The van der Waals surface area contributed by atoms with Gasteiger partial charge in [-0.1, -0.05) is 19.3 Å². The van der Waals surface area contributed by atoms with Crippen LogP contribution in [0.5, 0.6) is 0 Å². The Morgan fingerprint density at radius 1 is 0.769 bits per heavy atom. The van der Waals surface area contributed by atoms with E-state index in [1.54, 1.807) is 0 Å². The van der Waals surface area contributed by atoms with Crippen molar-refractivity contribution >= 4 is 0 Å². The van der Waals surface area contributed by atoms with Crippen LogP contribution in [0.15, 0.2) is 0 Å². The van der Waals surface area contributed by atoms with Crippen LogP contribution in [0.3, 0.4) is 0 Å². The van der Waals surface area contributed by atoms with Crippen LogP contribution in [0.1, 0.15) is 44.9 Å². The Bertz CT molecular complexity index is 199. The van der Waals surface area contributed by atoms with E-state index in [1.165, 1.54) is 38.5 Å². The van der Waals surface area contributed by atoms with Gasteiger partial charge in [0.05, 0.1) is 6.10 Å². The molecule has 0 aromatic heterocycles. The van der Waals surface area contributed by atoms with Gasteiger partial charge in [-0.3, -0.25) is 0 Å². The molecule has 3 rings (SSSR count). The summed E-state index contributed by atoms with van der Waals surface area (Å²) in [6.45, 7) is 0. The maximum absolute atomic E-state index is 11.9. The van der Waals surface area contributed by atoms with Crippen LogP contribution in [0.4, 0.5) is 0 Å². The van der Waals surface area contributed by atoms with Gasteiger partial charge in [0.25, 0.3) is 0 Å². The second-order valence-corrected chi connectivity index (χ2v) is 5.56. The molecule has 1 heteroatoms. The number of rotatable bonds is 0. The van der Waals surface area contributed by atoms with E-state index >= 15 is 0 Å². The predicted molar refractivity (Wildman–Crippen MR) is 50.8 cm³/mol. The lowest BCUT2D eigenvalue weighted by atomic mass is 9.66. The van der Waals surface area contributed by atoms with E-state index in [1.807, 2.05) is 0 Å². The molecule has 3 aliphatic carbocycles. The molecule has 1 radical (unpaired) electrons. The summed E-state index contributed by atoms with van der Waals surface area (Å²) in [7, 11) is 0. The van der Waals surface area contributed by atoms with Gasteiger partial charge in [0, 0.05) is 0 Å². The third-order valence-corrected chi connectivity index (χ3v) is 4.81. The van der Waals surface area contributed by atoms with Gasteiger partial charge in [0.1, 0.15) is 0 Å². The van der Waals surface area contributed by atoms with Crippen molar-refractivity contribution in [2.75, 3.05) is 0 Å². The van der Waals surface area contributed by atoms with Crippen LogP contribution in [0.25, 0.3) is 0 Å². The Labute approximate surface area is 80.5 Å². The maximum Gasteiger partial charge on any atom is 0.0963 e. The summed E-state index contributed by atoms with van der Waals surface area (Å²) in [4.78, 5) is 0. The predicted octanol–water partition coefficient (Wildman–Crippen LogP) is 3.02. The second-order valence-electron chi connectivity index (χ2n) is 5.56. The van der Waals surface area contributed by atoms with E-state index in [0.717, 1.165) is 24.2 Å². The molecule has 3 fully saturated rings. The largest absolute Gasteiger partial charge is 0.233 e. The Hall–Kier alpha value is -0.0400. The highest BCUT2D eigenvalue weighted by molar-refractivity contribution is 4.93. The molecule has 0 saturated heterocycles. The van der Waals surface area contributed by atoms with Gasteiger partial charge < -0.3 is 0 Å². The minimum atomic E-state index is -0.192. The molecule has 3 bridgehead atoms. The molecule has 0 aliphatic heterocycles. The first-order valence-corrected chi connectivity index (χ1v) is 5.98. The number of hydrogen-bond acceptors (Lipinski definition) is 0. The van der Waals surface area contributed by atoms with Crippen LogP contribution in [0.2, 0.25) is 0 Å². The molecule has 1 nitrogen and oxygen atoms in total. The van der Waals surface area contributed by atoms with E-state index < -0.39 is 0 Å². The van der Waals surface area contributed by atoms with Crippen LogP contribution in [0, 0.1) is 23.7 Å². The zero-order chi connectivity index (χ0) is 8.84. The average molecular weight is 179 g/mol. The molecule has 0 aromatic carbocycles. The van der Waals surface area contributed by atoms with Gasteiger partial charge >= 0.3 is 0 Å². The lowest BCUT2D eigenvalue weighted by Crippen LogP contribution is -2.37. The van der Waals surface area contributed by atoms with Crippen molar-refractivity contribution < 1.29 is 5.11 Å². The fourth-order valence-electron chi connectivity index (χ4n) is 4.14. The lowest BCUT2D eigenvalue weighted by Gasteiger charge is -2.40. The van der Waals surface area contributed by atoms with Crippen LogP contribution in [-0.2, 0) is 5.11 Å². The van der Waals surface area contributed by atoms with Crippen LogP contribution in [-0.4, -0.2) is 6.10 Å². The first kappa shape index (κ1) is 8.28. The SMILES string of the molecule is [O]C1CC2CCC3CCC1C(C3)C2. The molecule has 13 heavy (non-hydrogen) atoms. The van der Waals surface area contributed by atoms with E-state index in [2.05, 4.69) is 0 Å². The standard InChI is InChI=1S/C12H19O/c13-12-7-9-2-1-8-3-4-11(12)10(5-8)6-9/h8-12H,1-7H2. The van der Waals surface area contributed by atoms with Crippen molar-refractivity contribution in [2.24, 2.45) is 23.7 Å². The van der Waals surface area contributed by atoms with Gasteiger partial charge in [0.15, 0.2) is 0 Å². The molecule has 0 spiro atoms. The van der Waals surface area contributed by atoms with Crippen molar-refractivity contribution in [3.63, 3.8) is 0 Å². The highest BCUT2D eigenvalue weighted by Gasteiger charge is 2.43. The summed E-state index contributed by atoms with van der Waals surface area (Å²) in [5.74, 6) is 3.22. The molecule has 0 N–H and O–H groups in total. The van der Waals surface area contributed by atoms with Gasteiger partial charge in [0.2, 0.25) is 0 Å². The molecule has 5 unspecified atom stereocenters. The van der Waals surface area contributed by atoms with Gasteiger partial charge in [-0.15, -0.1) is 0 Å². The number of hydrogen-bond donors (Lipinski definition) is 0. The van der Waals surface area contributed by atoms with E-state index in [0.29, 0.717) is 5.92 Å². The molecule has 73 valence electrons. The first-order chi connectivity index (χ1) is 6.33. The molecule has 3 aliphatic rings.